The fourth-order valence-electron chi connectivity index (χ4n) is 2.51. The van der Waals surface area contributed by atoms with E-state index in [2.05, 4.69) is 44.9 Å². The van der Waals surface area contributed by atoms with Crippen LogP contribution in [0, 0.1) is 22.7 Å². The van der Waals surface area contributed by atoms with Gasteiger partial charge in [-0.1, -0.05) is 34.1 Å². The number of thiophene rings is 1. The van der Waals surface area contributed by atoms with Crippen molar-refractivity contribution in [2.24, 2.45) is 0 Å². The molecule has 0 saturated heterocycles. The minimum absolute atomic E-state index is 0.123. The molecule has 25 heavy (non-hydrogen) atoms. The van der Waals surface area contributed by atoms with Gasteiger partial charge in [-0.15, -0.1) is 17.9 Å². The Morgan fingerprint density at radius 2 is 1.92 bits per heavy atom. The lowest BCUT2D eigenvalue weighted by atomic mass is 10.00. The second kappa shape index (κ2) is 6.94. The van der Waals surface area contributed by atoms with Gasteiger partial charge in [-0.05, 0) is 17.7 Å². The first-order valence-corrected chi connectivity index (χ1v) is 8.88. The van der Waals surface area contributed by atoms with Crippen LogP contribution >= 0.6 is 27.3 Å². The van der Waals surface area contributed by atoms with E-state index >= 15 is 0 Å². The van der Waals surface area contributed by atoms with E-state index in [0.717, 1.165) is 14.7 Å². The Bertz CT molecular complexity index is 1050. The summed E-state index contributed by atoms with van der Waals surface area (Å²) in [5, 5.41) is 23.0. The zero-order valence-electron chi connectivity index (χ0n) is 13.0. The van der Waals surface area contributed by atoms with E-state index in [0.29, 0.717) is 33.8 Å². The number of pyridine rings is 1. The molecule has 1 aromatic carbocycles. The maximum absolute atomic E-state index is 9.58. The third-order valence-corrected chi connectivity index (χ3v) is 5.29. The summed E-state index contributed by atoms with van der Waals surface area (Å²) in [5.41, 5.74) is 8.81. The fourth-order valence-corrected chi connectivity index (χ4v) is 3.95. The number of fused-ring (bicyclic) bond motifs is 1. The highest BCUT2D eigenvalue weighted by Crippen LogP contribution is 2.43. The van der Waals surface area contributed by atoms with E-state index in [-0.39, 0.29) is 5.82 Å². The van der Waals surface area contributed by atoms with E-state index in [9.17, 15) is 10.5 Å². The predicted molar refractivity (Wildman–Crippen MR) is 105 cm³/mol. The molecule has 0 bridgehead atoms. The number of nitrogens with zero attached hydrogens (tertiary/aromatic N) is 3. The van der Waals surface area contributed by atoms with Gasteiger partial charge in [0.1, 0.15) is 39.6 Å². The molecule has 0 aliphatic heterocycles. The number of anilines is 2. The van der Waals surface area contributed by atoms with Crippen molar-refractivity contribution in [2.45, 2.75) is 0 Å². The van der Waals surface area contributed by atoms with E-state index in [4.69, 9.17) is 5.73 Å². The summed E-state index contributed by atoms with van der Waals surface area (Å²) in [6, 6.07) is 11.9. The van der Waals surface area contributed by atoms with Crippen molar-refractivity contribution < 1.29 is 0 Å². The van der Waals surface area contributed by atoms with Crippen molar-refractivity contribution in [3.8, 4) is 23.3 Å². The monoisotopic (exact) mass is 409 g/mol. The number of halogens is 1. The molecule has 0 radical (unpaired) electrons. The van der Waals surface area contributed by atoms with Gasteiger partial charge in [0.05, 0.1) is 4.70 Å². The van der Waals surface area contributed by atoms with Gasteiger partial charge in [-0.3, -0.25) is 0 Å². The Morgan fingerprint density at radius 1 is 1.24 bits per heavy atom. The van der Waals surface area contributed by atoms with Gasteiger partial charge in [0.2, 0.25) is 0 Å². The predicted octanol–water partition coefficient (Wildman–Crippen LogP) is 4.65. The third kappa shape index (κ3) is 2.96. The number of nitrogens with two attached hydrogens (primary N) is 1. The van der Waals surface area contributed by atoms with Crippen LogP contribution in [0.25, 0.3) is 21.3 Å². The Hall–Kier alpha value is -2.87. The van der Waals surface area contributed by atoms with Crippen LogP contribution in [0.5, 0.6) is 0 Å². The summed E-state index contributed by atoms with van der Waals surface area (Å²) in [6.45, 7) is 4.20. The summed E-state index contributed by atoms with van der Waals surface area (Å²) in [7, 11) is 0. The highest BCUT2D eigenvalue weighted by atomic mass is 79.9. The topological polar surface area (TPSA) is 98.5 Å². The van der Waals surface area contributed by atoms with Crippen LogP contribution in [0.15, 0.2) is 41.4 Å². The number of nitrogen functional groups attached to an aromatic ring is 1. The average molecular weight is 410 g/mol. The Balaban J connectivity index is 2.39. The van der Waals surface area contributed by atoms with Gasteiger partial charge < -0.3 is 11.1 Å². The van der Waals surface area contributed by atoms with Gasteiger partial charge >= 0.3 is 0 Å². The molecule has 0 spiro atoms. The van der Waals surface area contributed by atoms with Crippen molar-refractivity contribution in [1.29, 1.82) is 10.5 Å². The molecule has 0 saturated carbocycles. The van der Waals surface area contributed by atoms with Gasteiger partial charge in [-0.25, -0.2) is 4.98 Å². The van der Waals surface area contributed by atoms with Crippen molar-refractivity contribution in [2.75, 3.05) is 17.6 Å². The van der Waals surface area contributed by atoms with E-state index in [1.807, 2.05) is 24.3 Å². The lowest BCUT2D eigenvalue weighted by Crippen LogP contribution is -1.99. The zero-order valence-corrected chi connectivity index (χ0v) is 15.4. The van der Waals surface area contributed by atoms with Crippen LogP contribution in [-0.4, -0.2) is 11.5 Å². The van der Waals surface area contributed by atoms with Crippen LogP contribution in [0.1, 0.15) is 11.1 Å². The second-order valence-electron chi connectivity index (χ2n) is 5.13. The zero-order chi connectivity index (χ0) is 18.0. The van der Waals surface area contributed by atoms with Crippen LogP contribution in [0.3, 0.4) is 0 Å². The lowest BCUT2D eigenvalue weighted by molar-refractivity contribution is 1.35. The van der Waals surface area contributed by atoms with Gasteiger partial charge in [0, 0.05) is 16.6 Å². The van der Waals surface area contributed by atoms with Crippen molar-refractivity contribution >= 4 is 48.3 Å². The summed E-state index contributed by atoms with van der Waals surface area (Å²) in [5.74, 6) is 0.123. The molecule has 0 amide bonds. The van der Waals surface area contributed by atoms with E-state index in [1.54, 1.807) is 6.08 Å². The lowest BCUT2D eigenvalue weighted by Gasteiger charge is -2.08. The minimum Gasteiger partial charge on any atom is -0.383 e. The molecular weight excluding hydrogens is 398 g/mol. The Morgan fingerprint density at radius 3 is 2.52 bits per heavy atom. The summed E-state index contributed by atoms with van der Waals surface area (Å²) < 4.78 is 1.70. The first-order chi connectivity index (χ1) is 12.1. The number of aromatic nitrogens is 1. The third-order valence-electron chi connectivity index (χ3n) is 3.61. The molecule has 5 nitrogen and oxygen atoms in total. The molecule has 2 aromatic heterocycles. The molecule has 0 atom stereocenters. The van der Waals surface area contributed by atoms with Crippen LogP contribution in [0.4, 0.5) is 10.8 Å². The molecule has 0 aliphatic rings. The van der Waals surface area contributed by atoms with Crippen LogP contribution < -0.4 is 11.1 Å². The summed E-state index contributed by atoms with van der Waals surface area (Å²) in [4.78, 5) is 4.32. The minimum atomic E-state index is 0.123. The smallest absolute Gasteiger partial charge is 0.142 e. The largest absolute Gasteiger partial charge is 0.383 e. The molecule has 0 unspecified atom stereocenters. The molecule has 3 N–H and O–H groups in total. The molecule has 7 heteroatoms. The molecular formula is C18H12BrN5S. The number of rotatable bonds is 4. The first kappa shape index (κ1) is 17.0. The number of hydrogen-bond acceptors (Lipinski definition) is 6. The Labute approximate surface area is 157 Å². The van der Waals surface area contributed by atoms with Gasteiger partial charge in [-0.2, -0.15) is 10.5 Å². The molecule has 0 aliphatic carbocycles. The normalized spacial score (nSPS) is 10.2. The van der Waals surface area contributed by atoms with Crippen molar-refractivity contribution in [3.63, 3.8) is 0 Å². The van der Waals surface area contributed by atoms with Crippen LogP contribution in [-0.2, 0) is 0 Å². The van der Waals surface area contributed by atoms with Crippen LogP contribution in [0.2, 0.25) is 0 Å². The van der Waals surface area contributed by atoms with E-state index < -0.39 is 0 Å². The first-order valence-electron chi connectivity index (χ1n) is 7.27. The van der Waals surface area contributed by atoms with E-state index in [1.165, 1.54) is 11.3 Å². The molecule has 3 rings (SSSR count). The van der Waals surface area contributed by atoms with Gasteiger partial charge in [0.15, 0.2) is 0 Å². The SMILES string of the molecule is C=CCNc1sc2c(-c3ccc(Br)cc3)c(C#N)c(N)nc2c1C#N. The van der Waals surface area contributed by atoms with Crippen molar-refractivity contribution in [3.05, 3.63) is 52.5 Å². The van der Waals surface area contributed by atoms with Gasteiger partial charge in [0.25, 0.3) is 0 Å². The molecule has 2 heterocycles. The molecule has 122 valence electrons. The number of nitriles is 2. The maximum Gasteiger partial charge on any atom is 0.142 e. The highest BCUT2D eigenvalue weighted by molar-refractivity contribution is 9.10. The highest BCUT2D eigenvalue weighted by Gasteiger charge is 2.22. The number of hydrogen-bond donors (Lipinski definition) is 2. The molecule has 0 fully saturated rings. The Kier molecular flexibility index (Phi) is 4.71. The standard InChI is InChI=1S/C18H12BrN5S/c1-2-7-23-18-13(9-21)15-16(25-18)14(12(8-20)17(22)24-15)10-3-5-11(19)6-4-10/h2-6,23H,1,7H2,(H2,22,24). The summed E-state index contributed by atoms with van der Waals surface area (Å²) in [6.07, 6.45) is 1.71. The average Bonchev–Trinajstić information content (AvgIpc) is 2.96. The van der Waals surface area contributed by atoms with Crippen molar-refractivity contribution in [1.82, 2.24) is 4.98 Å². The maximum atomic E-state index is 9.58. The number of benzene rings is 1. The number of nitrogens with one attached hydrogen (secondary N) is 1. The second-order valence-corrected chi connectivity index (χ2v) is 7.07. The fraction of sp³-hybridized carbons (Fsp3) is 0.0556. The molecule has 3 aromatic rings. The quantitative estimate of drug-likeness (QED) is 0.610. The summed E-state index contributed by atoms with van der Waals surface area (Å²) >= 11 is 4.80.